The molecular formula is C15H17NO4. The van der Waals surface area contributed by atoms with Crippen molar-refractivity contribution in [2.24, 2.45) is 5.92 Å². The van der Waals surface area contributed by atoms with E-state index >= 15 is 0 Å². The fourth-order valence-corrected chi connectivity index (χ4v) is 3.47. The highest BCUT2D eigenvalue weighted by atomic mass is 16.6. The normalized spacial score (nSPS) is 19.6. The van der Waals surface area contributed by atoms with Crippen molar-refractivity contribution in [2.45, 2.75) is 39.0 Å². The number of carbonyl (C=O) groups is 1. The SMILES string of the molecule is CCOC(=O)C1Cc2cc3c(c([N+](=O)[O-])c2C1)CCC3. The average Bonchev–Trinajstić information content (AvgIpc) is 3.00. The second-order valence-corrected chi connectivity index (χ2v) is 5.47. The summed E-state index contributed by atoms with van der Waals surface area (Å²) in [5, 5.41) is 11.4. The van der Waals surface area contributed by atoms with Gasteiger partial charge in [0.05, 0.1) is 17.4 Å². The molecule has 0 heterocycles. The van der Waals surface area contributed by atoms with Gasteiger partial charge >= 0.3 is 5.97 Å². The average molecular weight is 275 g/mol. The molecule has 1 aromatic rings. The van der Waals surface area contributed by atoms with Gasteiger partial charge in [-0.25, -0.2) is 0 Å². The van der Waals surface area contributed by atoms with Crippen molar-refractivity contribution in [3.63, 3.8) is 0 Å². The Bertz CT molecular complexity index is 594. The van der Waals surface area contributed by atoms with Crippen LogP contribution in [0.1, 0.15) is 35.6 Å². The Morgan fingerprint density at radius 1 is 1.35 bits per heavy atom. The number of esters is 1. The number of benzene rings is 1. The van der Waals surface area contributed by atoms with Crippen molar-refractivity contribution in [3.05, 3.63) is 38.4 Å². The lowest BCUT2D eigenvalue weighted by Gasteiger charge is -2.07. The number of carbonyl (C=O) groups excluding carboxylic acids is 1. The maximum Gasteiger partial charge on any atom is 0.309 e. The van der Waals surface area contributed by atoms with Crippen LogP contribution in [0.25, 0.3) is 0 Å². The molecule has 0 amide bonds. The van der Waals surface area contributed by atoms with Gasteiger partial charge in [0.2, 0.25) is 0 Å². The molecule has 0 aromatic heterocycles. The van der Waals surface area contributed by atoms with Crippen molar-refractivity contribution in [1.29, 1.82) is 0 Å². The van der Waals surface area contributed by atoms with Crippen LogP contribution in [-0.2, 0) is 35.2 Å². The molecule has 5 nitrogen and oxygen atoms in total. The molecule has 1 atom stereocenters. The second-order valence-electron chi connectivity index (χ2n) is 5.47. The minimum atomic E-state index is -0.267. The summed E-state index contributed by atoms with van der Waals surface area (Å²) in [5.74, 6) is -0.496. The fraction of sp³-hybridized carbons (Fsp3) is 0.533. The summed E-state index contributed by atoms with van der Waals surface area (Å²) in [5.41, 5.74) is 3.98. The van der Waals surface area contributed by atoms with E-state index in [0.717, 1.165) is 41.5 Å². The third-order valence-corrected chi connectivity index (χ3v) is 4.29. The van der Waals surface area contributed by atoms with Crippen molar-refractivity contribution in [3.8, 4) is 0 Å². The van der Waals surface area contributed by atoms with Crippen LogP contribution in [-0.4, -0.2) is 17.5 Å². The summed E-state index contributed by atoms with van der Waals surface area (Å²) in [4.78, 5) is 23.0. The van der Waals surface area contributed by atoms with Crippen molar-refractivity contribution >= 4 is 11.7 Å². The third kappa shape index (κ3) is 1.97. The minimum absolute atomic E-state index is 0.238. The highest BCUT2D eigenvalue weighted by Crippen LogP contribution is 2.41. The Kier molecular flexibility index (Phi) is 3.20. The van der Waals surface area contributed by atoms with Gasteiger partial charge in [-0.3, -0.25) is 14.9 Å². The van der Waals surface area contributed by atoms with Crippen LogP contribution in [0.4, 0.5) is 5.69 Å². The molecule has 0 bridgehead atoms. The molecule has 0 saturated heterocycles. The van der Waals surface area contributed by atoms with Gasteiger partial charge in [0, 0.05) is 11.1 Å². The van der Waals surface area contributed by atoms with Crippen molar-refractivity contribution in [1.82, 2.24) is 0 Å². The van der Waals surface area contributed by atoms with E-state index < -0.39 is 0 Å². The van der Waals surface area contributed by atoms with E-state index in [1.165, 1.54) is 0 Å². The van der Waals surface area contributed by atoms with Gasteiger partial charge in [0.1, 0.15) is 0 Å². The smallest absolute Gasteiger partial charge is 0.309 e. The van der Waals surface area contributed by atoms with Crippen LogP contribution in [0.15, 0.2) is 6.07 Å². The van der Waals surface area contributed by atoms with Crippen LogP contribution in [0.5, 0.6) is 0 Å². The van der Waals surface area contributed by atoms with Crippen LogP contribution >= 0.6 is 0 Å². The Balaban J connectivity index is 2.00. The van der Waals surface area contributed by atoms with Gasteiger partial charge in [-0.05, 0) is 50.2 Å². The number of nitrogens with zero attached hydrogens (tertiary/aromatic N) is 1. The van der Waals surface area contributed by atoms with E-state index in [9.17, 15) is 14.9 Å². The van der Waals surface area contributed by atoms with Crippen molar-refractivity contribution < 1.29 is 14.5 Å². The molecule has 0 spiro atoms. The first-order valence-electron chi connectivity index (χ1n) is 7.09. The first-order valence-corrected chi connectivity index (χ1v) is 7.09. The number of nitro groups is 1. The van der Waals surface area contributed by atoms with Crippen molar-refractivity contribution in [2.75, 3.05) is 6.61 Å². The van der Waals surface area contributed by atoms with Gasteiger partial charge in [0.25, 0.3) is 5.69 Å². The lowest BCUT2D eigenvalue weighted by atomic mass is 9.99. The number of ether oxygens (including phenoxy) is 1. The van der Waals surface area contributed by atoms with Gasteiger partial charge in [-0.1, -0.05) is 6.07 Å². The number of nitro benzene ring substituents is 1. The van der Waals surface area contributed by atoms with Gasteiger partial charge in [-0.15, -0.1) is 0 Å². The van der Waals surface area contributed by atoms with E-state index in [2.05, 4.69) is 6.07 Å². The highest BCUT2D eigenvalue weighted by Gasteiger charge is 2.37. The van der Waals surface area contributed by atoms with Crippen LogP contribution < -0.4 is 0 Å². The molecule has 1 unspecified atom stereocenters. The number of aryl methyl sites for hydroxylation is 1. The van der Waals surface area contributed by atoms with Gasteiger partial charge < -0.3 is 4.74 Å². The van der Waals surface area contributed by atoms with Gasteiger partial charge in [0.15, 0.2) is 0 Å². The summed E-state index contributed by atoms with van der Waals surface area (Å²) >= 11 is 0. The zero-order valence-electron chi connectivity index (χ0n) is 11.5. The first-order chi connectivity index (χ1) is 9.61. The zero-order valence-corrected chi connectivity index (χ0v) is 11.5. The standard InChI is InChI=1S/C15H17NO4/c1-2-20-15(17)11-7-10-6-9-4-3-5-12(9)14(16(18)19)13(10)8-11/h6,11H,2-5,7-8H2,1H3. The Hall–Kier alpha value is -1.91. The Morgan fingerprint density at radius 3 is 2.85 bits per heavy atom. The van der Waals surface area contributed by atoms with Crippen LogP contribution in [0.3, 0.4) is 0 Å². The molecule has 0 N–H and O–H groups in total. The summed E-state index contributed by atoms with van der Waals surface area (Å²) in [6, 6.07) is 2.07. The third-order valence-electron chi connectivity index (χ3n) is 4.29. The minimum Gasteiger partial charge on any atom is -0.466 e. The molecule has 0 aliphatic heterocycles. The van der Waals surface area contributed by atoms with E-state index in [-0.39, 0.29) is 22.5 Å². The molecule has 0 fully saturated rings. The molecule has 20 heavy (non-hydrogen) atoms. The van der Waals surface area contributed by atoms with E-state index in [0.29, 0.717) is 19.4 Å². The number of hydrogen-bond acceptors (Lipinski definition) is 4. The summed E-state index contributed by atoms with van der Waals surface area (Å²) < 4.78 is 5.05. The largest absolute Gasteiger partial charge is 0.466 e. The zero-order chi connectivity index (χ0) is 14.3. The molecule has 0 saturated carbocycles. The van der Waals surface area contributed by atoms with Crippen LogP contribution in [0, 0.1) is 16.0 Å². The van der Waals surface area contributed by atoms with E-state index in [1.54, 1.807) is 6.92 Å². The predicted octanol–water partition coefficient (Wildman–Crippen LogP) is 2.36. The lowest BCUT2D eigenvalue weighted by Crippen LogP contribution is -2.17. The molecule has 5 heteroatoms. The number of fused-ring (bicyclic) bond motifs is 2. The Labute approximate surface area is 117 Å². The van der Waals surface area contributed by atoms with Crippen LogP contribution in [0.2, 0.25) is 0 Å². The van der Waals surface area contributed by atoms with E-state index in [1.807, 2.05) is 0 Å². The lowest BCUT2D eigenvalue weighted by molar-refractivity contribution is -0.386. The highest BCUT2D eigenvalue weighted by molar-refractivity contribution is 5.76. The second kappa shape index (κ2) is 4.89. The first kappa shape index (κ1) is 13.1. The molecule has 3 rings (SSSR count). The molecule has 106 valence electrons. The maximum absolute atomic E-state index is 11.9. The summed E-state index contributed by atoms with van der Waals surface area (Å²) in [7, 11) is 0. The predicted molar refractivity (Wildman–Crippen MR) is 72.7 cm³/mol. The molecule has 1 aromatic carbocycles. The quantitative estimate of drug-likeness (QED) is 0.482. The number of hydrogen-bond donors (Lipinski definition) is 0. The molecule has 2 aliphatic carbocycles. The topological polar surface area (TPSA) is 69.4 Å². The van der Waals surface area contributed by atoms with Gasteiger partial charge in [-0.2, -0.15) is 0 Å². The number of rotatable bonds is 3. The maximum atomic E-state index is 11.9. The molecular weight excluding hydrogens is 258 g/mol. The molecule has 2 aliphatic rings. The monoisotopic (exact) mass is 275 g/mol. The molecule has 0 radical (unpaired) electrons. The fourth-order valence-electron chi connectivity index (χ4n) is 3.47. The van der Waals surface area contributed by atoms with E-state index in [4.69, 9.17) is 4.74 Å². The Morgan fingerprint density at radius 2 is 2.15 bits per heavy atom. The summed E-state index contributed by atoms with van der Waals surface area (Å²) in [6.45, 7) is 2.13. The summed E-state index contributed by atoms with van der Waals surface area (Å²) in [6.07, 6.45) is 3.69.